The number of esters is 1. The summed E-state index contributed by atoms with van der Waals surface area (Å²) in [4.78, 5) is 19.3. The van der Waals surface area contributed by atoms with Crippen LogP contribution in [0.4, 0.5) is 10.2 Å². The summed E-state index contributed by atoms with van der Waals surface area (Å²) in [6.07, 6.45) is 5.85. The van der Waals surface area contributed by atoms with Gasteiger partial charge >= 0.3 is 5.97 Å². The van der Waals surface area contributed by atoms with Gasteiger partial charge in [0.05, 0.1) is 12.8 Å². The highest BCUT2D eigenvalue weighted by atomic mass is 32.2. The molecule has 0 amide bonds. The van der Waals surface area contributed by atoms with Crippen LogP contribution in [0.15, 0.2) is 47.5 Å². The van der Waals surface area contributed by atoms with Crippen molar-refractivity contribution in [2.24, 2.45) is 0 Å². The molecule has 4 rings (SSSR count). The average Bonchev–Trinajstić information content (AvgIpc) is 3.39. The van der Waals surface area contributed by atoms with Crippen LogP contribution in [-0.4, -0.2) is 46.5 Å². The van der Waals surface area contributed by atoms with E-state index in [2.05, 4.69) is 15.0 Å². The molecule has 3 aromatic rings. The molecule has 28 heavy (non-hydrogen) atoms. The SMILES string of the molecule is CCOC(=O)c1cnc2ccc(N3CCCC3)nn12.CSc1ccc(F)cc1. The number of benzene rings is 1. The van der Waals surface area contributed by atoms with E-state index in [1.807, 2.05) is 18.4 Å². The Morgan fingerprint density at radius 2 is 1.89 bits per heavy atom. The van der Waals surface area contributed by atoms with Crippen molar-refractivity contribution in [3.05, 3.63) is 54.1 Å². The van der Waals surface area contributed by atoms with Gasteiger partial charge in [0, 0.05) is 18.0 Å². The molecule has 8 heteroatoms. The maximum absolute atomic E-state index is 12.2. The summed E-state index contributed by atoms with van der Waals surface area (Å²) in [6.45, 7) is 4.16. The average molecular weight is 402 g/mol. The van der Waals surface area contributed by atoms with Crippen molar-refractivity contribution in [2.75, 3.05) is 30.9 Å². The van der Waals surface area contributed by atoms with Gasteiger partial charge < -0.3 is 9.64 Å². The molecule has 1 fully saturated rings. The van der Waals surface area contributed by atoms with Gasteiger partial charge in [0.15, 0.2) is 11.3 Å². The molecule has 1 aliphatic rings. The lowest BCUT2D eigenvalue weighted by Gasteiger charge is -2.15. The third-order valence-electron chi connectivity index (χ3n) is 4.31. The summed E-state index contributed by atoms with van der Waals surface area (Å²) in [7, 11) is 0. The van der Waals surface area contributed by atoms with Gasteiger partial charge in [-0.05, 0) is 62.4 Å². The predicted octanol–water partition coefficient (Wildman–Crippen LogP) is 4.05. The van der Waals surface area contributed by atoms with Gasteiger partial charge in [-0.1, -0.05) is 0 Å². The van der Waals surface area contributed by atoms with Crippen LogP contribution >= 0.6 is 11.8 Å². The van der Waals surface area contributed by atoms with Gasteiger partial charge in [0.2, 0.25) is 0 Å². The second-order valence-corrected chi connectivity index (χ2v) is 7.06. The number of hydrogen-bond acceptors (Lipinski definition) is 6. The topological polar surface area (TPSA) is 59.7 Å². The molecule has 0 unspecified atom stereocenters. The Balaban J connectivity index is 0.000000211. The number of halogens is 1. The molecule has 0 atom stereocenters. The van der Waals surface area contributed by atoms with E-state index in [4.69, 9.17) is 4.74 Å². The lowest BCUT2D eigenvalue weighted by Crippen LogP contribution is -2.20. The first kappa shape index (κ1) is 20.1. The van der Waals surface area contributed by atoms with E-state index >= 15 is 0 Å². The molecule has 0 bridgehead atoms. The summed E-state index contributed by atoms with van der Waals surface area (Å²) in [5.41, 5.74) is 1.03. The number of aromatic nitrogens is 3. The highest BCUT2D eigenvalue weighted by molar-refractivity contribution is 7.98. The molecule has 148 valence electrons. The van der Waals surface area contributed by atoms with Crippen molar-refractivity contribution in [3.8, 4) is 0 Å². The molecule has 1 saturated heterocycles. The Kier molecular flexibility index (Phi) is 6.86. The van der Waals surface area contributed by atoms with Crippen LogP contribution in [0.3, 0.4) is 0 Å². The Morgan fingerprint density at radius 3 is 2.54 bits per heavy atom. The van der Waals surface area contributed by atoms with Gasteiger partial charge in [-0.3, -0.25) is 0 Å². The molecule has 1 aliphatic heterocycles. The summed E-state index contributed by atoms with van der Waals surface area (Å²) >= 11 is 1.61. The molecule has 3 heterocycles. The molecule has 0 N–H and O–H groups in total. The zero-order valence-corrected chi connectivity index (χ0v) is 16.8. The molecule has 2 aromatic heterocycles. The largest absolute Gasteiger partial charge is 0.461 e. The normalized spacial score (nSPS) is 13.3. The minimum atomic E-state index is -0.388. The fraction of sp³-hybridized carbons (Fsp3) is 0.350. The summed E-state index contributed by atoms with van der Waals surface area (Å²) in [6, 6.07) is 10.3. The van der Waals surface area contributed by atoms with Gasteiger partial charge in [-0.2, -0.15) is 0 Å². The minimum absolute atomic E-state index is 0.173. The molecule has 0 saturated carbocycles. The highest BCUT2D eigenvalue weighted by Gasteiger charge is 2.18. The second kappa shape index (κ2) is 9.54. The number of carbonyl (C=O) groups is 1. The zero-order chi connectivity index (χ0) is 19.9. The van der Waals surface area contributed by atoms with Gasteiger partial charge in [-0.25, -0.2) is 18.7 Å². The van der Waals surface area contributed by atoms with Gasteiger partial charge in [0.25, 0.3) is 0 Å². The predicted molar refractivity (Wildman–Crippen MR) is 109 cm³/mol. The Bertz CT molecular complexity index is 924. The number of hydrogen-bond donors (Lipinski definition) is 0. The monoisotopic (exact) mass is 402 g/mol. The van der Waals surface area contributed by atoms with Crippen molar-refractivity contribution < 1.29 is 13.9 Å². The third-order valence-corrected chi connectivity index (χ3v) is 5.06. The number of thioether (sulfide) groups is 1. The number of ether oxygens (including phenoxy) is 1. The van der Waals surface area contributed by atoms with E-state index in [0.29, 0.717) is 17.9 Å². The Hall–Kier alpha value is -2.61. The van der Waals surface area contributed by atoms with Crippen molar-refractivity contribution >= 4 is 29.2 Å². The van der Waals surface area contributed by atoms with E-state index in [1.165, 1.54) is 31.2 Å². The highest BCUT2D eigenvalue weighted by Crippen LogP contribution is 2.18. The van der Waals surface area contributed by atoms with Crippen LogP contribution < -0.4 is 4.90 Å². The van der Waals surface area contributed by atoms with Crippen molar-refractivity contribution in [2.45, 2.75) is 24.7 Å². The Labute approximate surface area is 167 Å². The fourth-order valence-corrected chi connectivity index (χ4v) is 3.30. The molecule has 6 nitrogen and oxygen atoms in total. The fourth-order valence-electron chi connectivity index (χ4n) is 2.89. The number of carbonyl (C=O) groups excluding carboxylic acids is 1. The van der Waals surface area contributed by atoms with Gasteiger partial charge in [0.1, 0.15) is 11.6 Å². The first-order valence-electron chi connectivity index (χ1n) is 9.18. The van der Waals surface area contributed by atoms with Crippen LogP contribution in [0.1, 0.15) is 30.3 Å². The number of fused-ring (bicyclic) bond motifs is 1. The van der Waals surface area contributed by atoms with Crippen LogP contribution in [0, 0.1) is 5.82 Å². The molecular weight excluding hydrogens is 379 g/mol. The maximum Gasteiger partial charge on any atom is 0.358 e. The second-order valence-electron chi connectivity index (χ2n) is 6.18. The zero-order valence-electron chi connectivity index (χ0n) is 16.0. The van der Waals surface area contributed by atoms with E-state index < -0.39 is 0 Å². The summed E-state index contributed by atoms with van der Waals surface area (Å²) in [5, 5.41) is 4.50. The van der Waals surface area contributed by atoms with E-state index in [9.17, 15) is 9.18 Å². The number of nitrogens with zero attached hydrogens (tertiary/aromatic N) is 4. The number of anilines is 1. The van der Waals surface area contributed by atoms with E-state index in [1.54, 1.807) is 35.3 Å². The quantitative estimate of drug-likeness (QED) is 0.485. The first-order valence-corrected chi connectivity index (χ1v) is 10.4. The van der Waals surface area contributed by atoms with Crippen LogP contribution in [-0.2, 0) is 4.74 Å². The van der Waals surface area contributed by atoms with Crippen molar-refractivity contribution in [1.82, 2.24) is 14.6 Å². The minimum Gasteiger partial charge on any atom is -0.461 e. The smallest absolute Gasteiger partial charge is 0.358 e. The van der Waals surface area contributed by atoms with Crippen LogP contribution in [0.2, 0.25) is 0 Å². The maximum atomic E-state index is 12.2. The molecular formula is C20H23FN4O2S. The van der Waals surface area contributed by atoms with Crippen molar-refractivity contribution in [1.29, 1.82) is 0 Å². The standard InChI is InChI=1S/C13H16N4O2.C7H7FS/c1-2-19-13(18)10-9-14-11-5-6-12(15-17(10)11)16-7-3-4-8-16;1-9-7-4-2-6(8)3-5-7/h5-6,9H,2-4,7-8H2,1H3;2-5H,1H3. The third kappa shape index (κ3) is 4.81. The first-order chi connectivity index (χ1) is 13.6. The summed E-state index contributed by atoms with van der Waals surface area (Å²) in [5.74, 6) is 0.322. The number of rotatable bonds is 4. The van der Waals surface area contributed by atoms with Gasteiger partial charge in [-0.15, -0.1) is 16.9 Å². The lowest BCUT2D eigenvalue weighted by molar-refractivity contribution is 0.0517. The van der Waals surface area contributed by atoms with Crippen molar-refractivity contribution in [3.63, 3.8) is 0 Å². The molecule has 0 aliphatic carbocycles. The van der Waals surface area contributed by atoms with Crippen LogP contribution in [0.25, 0.3) is 5.65 Å². The van der Waals surface area contributed by atoms with Crippen LogP contribution in [0.5, 0.6) is 0 Å². The summed E-state index contributed by atoms with van der Waals surface area (Å²) < 4.78 is 18.8. The lowest BCUT2D eigenvalue weighted by atomic mass is 10.4. The Morgan fingerprint density at radius 1 is 1.18 bits per heavy atom. The molecule has 1 aromatic carbocycles. The van der Waals surface area contributed by atoms with E-state index in [-0.39, 0.29) is 11.8 Å². The molecule has 0 radical (unpaired) electrons. The molecule has 0 spiro atoms. The van der Waals surface area contributed by atoms with E-state index in [0.717, 1.165) is 23.8 Å². The number of imidazole rings is 1.